The molecule has 0 aliphatic rings. The van der Waals surface area contributed by atoms with E-state index < -0.39 is 0 Å². The number of amides is 1. The molecule has 1 rings (SSSR count). The first-order valence-electron chi connectivity index (χ1n) is 6.01. The molecule has 96 valence electrons. The maximum atomic E-state index is 11.6. The molecule has 3 heteroatoms. The lowest BCUT2D eigenvalue weighted by Crippen LogP contribution is -2.36. The molecule has 18 heavy (non-hydrogen) atoms. The van der Waals surface area contributed by atoms with Gasteiger partial charge in [-0.05, 0) is 26.5 Å². The number of carbonyl (C=O) groups excluding carboxylic acids is 1. The zero-order valence-corrected chi connectivity index (χ0v) is 11.2. The quantitative estimate of drug-likeness (QED) is 0.800. The van der Waals surface area contributed by atoms with Crippen LogP contribution < -0.4 is 5.32 Å². The lowest BCUT2D eigenvalue weighted by molar-refractivity contribution is -0.122. The van der Waals surface area contributed by atoms with Crippen LogP contribution >= 0.6 is 0 Å². The van der Waals surface area contributed by atoms with Gasteiger partial charge in [0, 0.05) is 6.04 Å². The van der Waals surface area contributed by atoms with Crippen LogP contribution in [0.25, 0.3) is 0 Å². The molecule has 0 radical (unpaired) electrons. The van der Waals surface area contributed by atoms with Crippen molar-refractivity contribution in [1.82, 2.24) is 10.2 Å². The van der Waals surface area contributed by atoms with Crippen LogP contribution in [0, 0.1) is 19.3 Å². The van der Waals surface area contributed by atoms with Crippen LogP contribution in [0.4, 0.5) is 0 Å². The lowest BCUT2D eigenvalue weighted by atomic mass is 10.1. The van der Waals surface area contributed by atoms with E-state index in [2.05, 4.69) is 49.4 Å². The number of benzene rings is 1. The molecule has 1 aromatic rings. The lowest BCUT2D eigenvalue weighted by Gasteiger charge is -2.24. The predicted molar refractivity (Wildman–Crippen MR) is 74.1 cm³/mol. The Morgan fingerprint density at radius 2 is 2.06 bits per heavy atom. The van der Waals surface area contributed by atoms with Crippen LogP contribution in [-0.4, -0.2) is 30.9 Å². The monoisotopic (exact) mass is 244 g/mol. The molecule has 0 saturated heterocycles. The molecule has 0 bridgehead atoms. The third-order valence-electron chi connectivity index (χ3n) is 3.00. The van der Waals surface area contributed by atoms with Gasteiger partial charge in [0.15, 0.2) is 0 Å². The van der Waals surface area contributed by atoms with E-state index in [0.29, 0.717) is 6.54 Å². The van der Waals surface area contributed by atoms with Crippen molar-refractivity contribution >= 4 is 5.91 Å². The van der Waals surface area contributed by atoms with Gasteiger partial charge in [-0.15, -0.1) is 6.42 Å². The third-order valence-corrected chi connectivity index (χ3v) is 3.00. The predicted octanol–water partition coefficient (Wildman–Crippen LogP) is 1.74. The van der Waals surface area contributed by atoms with Crippen molar-refractivity contribution in [3.05, 3.63) is 35.4 Å². The molecule has 0 unspecified atom stereocenters. The van der Waals surface area contributed by atoms with Gasteiger partial charge >= 0.3 is 0 Å². The topological polar surface area (TPSA) is 32.3 Å². The Kier molecular flexibility index (Phi) is 5.41. The van der Waals surface area contributed by atoms with Gasteiger partial charge in [-0.3, -0.25) is 9.69 Å². The van der Waals surface area contributed by atoms with Crippen molar-refractivity contribution in [3.8, 4) is 12.3 Å². The molecule has 1 amide bonds. The first kappa shape index (κ1) is 14.3. The smallest absolute Gasteiger partial charge is 0.234 e. The summed E-state index contributed by atoms with van der Waals surface area (Å²) in [6, 6.07) is 8.55. The van der Waals surface area contributed by atoms with E-state index in [1.165, 1.54) is 11.1 Å². The Balaban J connectivity index is 2.56. The van der Waals surface area contributed by atoms with E-state index in [4.69, 9.17) is 6.42 Å². The fraction of sp³-hybridized carbons (Fsp3) is 0.400. The van der Waals surface area contributed by atoms with Crippen molar-refractivity contribution in [2.24, 2.45) is 0 Å². The second kappa shape index (κ2) is 6.83. The third kappa shape index (κ3) is 4.23. The number of hydrogen-bond acceptors (Lipinski definition) is 2. The van der Waals surface area contributed by atoms with E-state index >= 15 is 0 Å². The molecule has 1 N–H and O–H groups in total. The van der Waals surface area contributed by atoms with Gasteiger partial charge in [0.05, 0.1) is 13.1 Å². The van der Waals surface area contributed by atoms with E-state index in [9.17, 15) is 4.79 Å². The molecule has 1 atom stereocenters. The zero-order valence-electron chi connectivity index (χ0n) is 11.2. The molecule has 0 saturated carbocycles. The van der Waals surface area contributed by atoms with Crippen molar-refractivity contribution in [3.63, 3.8) is 0 Å². The molecule has 3 nitrogen and oxygen atoms in total. The summed E-state index contributed by atoms with van der Waals surface area (Å²) in [4.78, 5) is 13.6. The first-order valence-corrected chi connectivity index (χ1v) is 6.01. The minimum Gasteiger partial charge on any atom is -0.344 e. The summed E-state index contributed by atoms with van der Waals surface area (Å²) in [6.07, 6.45) is 5.09. The van der Waals surface area contributed by atoms with E-state index in [1.807, 2.05) is 11.9 Å². The summed E-state index contributed by atoms with van der Waals surface area (Å²) >= 11 is 0. The van der Waals surface area contributed by atoms with Crippen LogP contribution in [0.3, 0.4) is 0 Å². The van der Waals surface area contributed by atoms with Crippen LogP contribution in [0.1, 0.15) is 24.1 Å². The number of rotatable bonds is 5. The second-order valence-electron chi connectivity index (χ2n) is 4.48. The van der Waals surface area contributed by atoms with Crippen LogP contribution in [0.2, 0.25) is 0 Å². The van der Waals surface area contributed by atoms with Crippen LogP contribution in [-0.2, 0) is 4.79 Å². The molecule has 1 aromatic carbocycles. The Morgan fingerprint density at radius 1 is 1.44 bits per heavy atom. The molecule has 0 fully saturated rings. The Hall–Kier alpha value is -1.79. The minimum absolute atomic E-state index is 0.0468. The normalized spacial score (nSPS) is 11.9. The van der Waals surface area contributed by atoms with Crippen molar-refractivity contribution < 1.29 is 4.79 Å². The molecule has 0 aromatic heterocycles. The van der Waals surface area contributed by atoms with Gasteiger partial charge in [-0.25, -0.2) is 0 Å². The molecule has 0 spiro atoms. The van der Waals surface area contributed by atoms with Crippen molar-refractivity contribution in [2.75, 3.05) is 20.1 Å². The molecular weight excluding hydrogens is 224 g/mol. The molecule has 0 aliphatic carbocycles. The fourth-order valence-corrected chi connectivity index (χ4v) is 1.67. The maximum absolute atomic E-state index is 11.6. The summed E-state index contributed by atoms with van der Waals surface area (Å²) in [7, 11) is 1.93. The maximum Gasteiger partial charge on any atom is 0.234 e. The standard InChI is InChI=1S/C15H20N2O/c1-5-10-16-15(18)11-17(4)13(3)14-8-6-12(2)7-9-14/h1,6-9,13H,10-11H2,2-4H3,(H,16,18)/t13-/m0/s1. The summed E-state index contributed by atoms with van der Waals surface area (Å²) in [5, 5.41) is 2.66. The number of carbonyl (C=O) groups is 1. The Labute approximate surface area is 109 Å². The number of nitrogens with one attached hydrogen (secondary N) is 1. The number of hydrogen-bond donors (Lipinski definition) is 1. The summed E-state index contributed by atoms with van der Waals surface area (Å²) in [5.74, 6) is 2.34. The van der Waals surface area contributed by atoms with Gasteiger partial charge in [-0.1, -0.05) is 35.7 Å². The van der Waals surface area contributed by atoms with Crippen LogP contribution in [0.15, 0.2) is 24.3 Å². The molecule has 0 aliphatic heterocycles. The number of terminal acetylenes is 1. The highest BCUT2D eigenvalue weighted by Gasteiger charge is 2.14. The average molecular weight is 244 g/mol. The van der Waals surface area contributed by atoms with Gasteiger partial charge < -0.3 is 5.32 Å². The van der Waals surface area contributed by atoms with Gasteiger partial charge in [0.25, 0.3) is 0 Å². The molecule has 0 heterocycles. The Morgan fingerprint density at radius 3 is 2.61 bits per heavy atom. The van der Waals surface area contributed by atoms with Gasteiger partial charge in [0.1, 0.15) is 0 Å². The summed E-state index contributed by atoms with van der Waals surface area (Å²) in [6.45, 7) is 4.77. The first-order chi connectivity index (χ1) is 8.54. The minimum atomic E-state index is -0.0468. The number of likely N-dealkylation sites (N-methyl/N-ethyl adjacent to an activating group) is 1. The SMILES string of the molecule is C#CCNC(=O)CN(C)[C@@H](C)c1ccc(C)cc1. The zero-order chi connectivity index (χ0) is 13.5. The number of nitrogens with zero attached hydrogens (tertiary/aromatic N) is 1. The van der Waals surface area contributed by atoms with Gasteiger partial charge in [-0.2, -0.15) is 0 Å². The highest BCUT2D eigenvalue weighted by atomic mass is 16.2. The number of aryl methyl sites for hydroxylation is 1. The van der Waals surface area contributed by atoms with E-state index in [-0.39, 0.29) is 18.5 Å². The highest BCUT2D eigenvalue weighted by Crippen LogP contribution is 2.18. The van der Waals surface area contributed by atoms with E-state index in [1.54, 1.807) is 0 Å². The Bertz CT molecular complexity index is 431. The van der Waals surface area contributed by atoms with Crippen LogP contribution in [0.5, 0.6) is 0 Å². The highest BCUT2D eigenvalue weighted by molar-refractivity contribution is 5.78. The second-order valence-corrected chi connectivity index (χ2v) is 4.48. The van der Waals surface area contributed by atoms with E-state index in [0.717, 1.165) is 0 Å². The summed E-state index contributed by atoms with van der Waals surface area (Å²) < 4.78 is 0. The van der Waals surface area contributed by atoms with Crippen molar-refractivity contribution in [1.29, 1.82) is 0 Å². The average Bonchev–Trinajstić information content (AvgIpc) is 2.36. The fourth-order valence-electron chi connectivity index (χ4n) is 1.67. The summed E-state index contributed by atoms with van der Waals surface area (Å²) in [5.41, 5.74) is 2.44. The molecular formula is C15H20N2O. The van der Waals surface area contributed by atoms with Crippen molar-refractivity contribution in [2.45, 2.75) is 19.9 Å². The van der Waals surface area contributed by atoms with Gasteiger partial charge in [0.2, 0.25) is 5.91 Å². The largest absolute Gasteiger partial charge is 0.344 e.